The highest BCUT2D eigenvalue weighted by molar-refractivity contribution is 5.94. The fourth-order valence-corrected chi connectivity index (χ4v) is 2.65. The van der Waals surface area contributed by atoms with Gasteiger partial charge in [0.05, 0.1) is 5.56 Å². The summed E-state index contributed by atoms with van der Waals surface area (Å²) in [4.78, 5) is 23.6. The van der Waals surface area contributed by atoms with Crippen molar-refractivity contribution in [3.63, 3.8) is 0 Å². The predicted molar refractivity (Wildman–Crippen MR) is 106 cm³/mol. The molecule has 0 bridgehead atoms. The summed E-state index contributed by atoms with van der Waals surface area (Å²) in [5.41, 5.74) is 0.345. The maximum atomic E-state index is 12.9. The van der Waals surface area contributed by atoms with Gasteiger partial charge < -0.3 is 10.6 Å². The van der Waals surface area contributed by atoms with E-state index in [1.807, 2.05) is 0 Å². The van der Waals surface area contributed by atoms with E-state index in [2.05, 4.69) is 10.6 Å². The molecule has 2 aromatic rings. The average molecular weight is 404 g/mol. The second-order valence-corrected chi connectivity index (χ2v) is 7.21. The van der Waals surface area contributed by atoms with Crippen LogP contribution in [-0.4, -0.2) is 25.4 Å². The Bertz CT molecular complexity index is 901. The number of halogens is 3. The van der Waals surface area contributed by atoms with Crippen LogP contribution < -0.4 is 10.6 Å². The van der Waals surface area contributed by atoms with Crippen LogP contribution in [0, 0.1) is 0 Å². The highest BCUT2D eigenvalue weighted by atomic mass is 19.4. The molecule has 0 spiro atoms. The van der Waals surface area contributed by atoms with Gasteiger partial charge in [0.1, 0.15) is 0 Å². The fraction of sp³-hybridized carbons (Fsp3) is 0.273. The summed E-state index contributed by atoms with van der Waals surface area (Å²) in [5, 5.41) is 5.24. The van der Waals surface area contributed by atoms with Crippen LogP contribution in [0.25, 0.3) is 6.08 Å². The van der Waals surface area contributed by atoms with E-state index in [-0.39, 0.29) is 18.4 Å². The van der Waals surface area contributed by atoms with E-state index in [1.165, 1.54) is 12.1 Å². The van der Waals surface area contributed by atoms with Gasteiger partial charge in [-0.2, -0.15) is 13.2 Å². The monoisotopic (exact) mass is 404 g/mol. The summed E-state index contributed by atoms with van der Waals surface area (Å²) in [6.45, 7) is 3.71. The molecular weight excluding hydrogens is 381 g/mol. The molecule has 0 fully saturated rings. The fourth-order valence-electron chi connectivity index (χ4n) is 2.65. The third kappa shape index (κ3) is 6.20. The summed E-state index contributed by atoms with van der Waals surface area (Å²) in [6, 6.07) is 11.8. The molecule has 0 atom stereocenters. The number of carbonyl (C=O) groups excluding carboxylic acids is 2. The molecule has 2 N–H and O–H groups in total. The lowest BCUT2D eigenvalue weighted by Gasteiger charge is -2.26. The number of alkyl halides is 3. The van der Waals surface area contributed by atoms with Gasteiger partial charge in [0.15, 0.2) is 0 Å². The summed E-state index contributed by atoms with van der Waals surface area (Å²) in [7, 11) is 1.54. The third-order valence-corrected chi connectivity index (χ3v) is 4.50. The minimum Gasteiger partial charge on any atom is -0.355 e. The van der Waals surface area contributed by atoms with Crippen LogP contribution in [0.2, 0.25) is 0 Å². The molecule has 2 rings (SSSR count). The van der Waals surface area contributed by atoms with Crippen LogP contribution in [0.3, 0.4) is 0 Å². The van der Waals surface area contributed by atoms with Gasteiger partial charge in [-0.05, 0) is 35.4 Å². The van der Waals surface area contributed by atoms with Crippen LogP contribution >= 0.6 is 0 Å². The summed E-state index contributed by atoms with van der Waals surface area (Å²) >= 11 is 0. The second-order valence-electron chi connectivity index (χ2n) is 7.21. The number of amides is 2. The molecule has 0 radical (unpaired) electrons. The zero-order chi connectivity index (χ0) is 21.7. The quantitative estimate of drug-likeness (QED) is 0.710. The van der Waals surface area contributed by atoms with Crippen molar-refractivity contribution in [1.82, 2.24) is 10.6 Å². The molecule has 29 heavy (non-hydrogen) atoms. The number of rotatable bonds is 6. The molecule has 0 heterocycles. The van der Waals surface area contributed by atoms with Gasteiger partial charge in [-0.15, -0.1) is 0 Å². The molecule has 154 valence electrons. The molecule has 2 aromatic carbocycles. The van der Waals surface area contributed by atoms with Crippen molar-refractivity contribution in [3.05, 3.63) is 76.9 Å². The van der Waals surface area contributed by atoms with Crippen molar-refractivity contribution in [2.75, 3.05) is 13.6 Å². The standard InChI is InChI=1S/C22H23F3N2O2/c1-21(2,17-5-4-6-18(13-17)22(23,24)25)14-27-19(28)12-9-15-7-10-16(11-8-15)20(29)26-3/h4-13H,14H2,1-3H3,(H,26,29)(H,27,28)/b12-9+. The molecule has 0 unspecified atom stereocenters. The SMILES string of the molecule is CNC(=O)c1ccc(/C=C/C(=O)NCC(C)(C)c2cccc(C(F)(F)F)c2)cc1. The Kier molecular flexibility index (Phi) is 6.84. The summed E-state index contributed by atoms with van der Waals surface area (Å²) < 4.78 is 38.8. The molecule has 0 aliphatic carbocycles. The maximum absolute atomic E-state index is 12.9. The normalized spacial score (nSPS) is 12.1. The minimum absolute atomic E-state index is 0.174. The molecule has 0 saturated carbocycles. The number of carbonyl (C=O) groups is 2. The van der Waals surface area contributed by atoms with Gasteiger partial charge in [-0.1, -0.05) is 44.2 Å². The Hall–Kier alpha value is -3.09. The Labute approximate surface area is 167 Å². The minimum atomic E-state index is -4.41. The van der Waals surface area contributed by atoms with Crippen LogP contribution in [0.4, 0.5) is 13.2 Å². The van der Waals surface area contributed by atoms with E-state index < -0.39 is 17.2 Å². The van der Waals surface area contributed by atoms with Crippen molar-refractivity contribution in [1.29, 1.82) is 0 Å². The first-order valence-corrected chi connectivity index (χ1v) is 8.99. The number of hydrogen-bond acceptors (Lipinski definition) is 2. The maximum Gasteiger partial charge on any atom is 0.416 e. The smallest absolute Gasteiger partial charge is 0.355 e. The molecule has 2 amide bonds. The van der Waals surface area contributed by atoms with Crippen molar-refractivity contribution in [2.45, 2.75) is 25.4 Å². The summed E-state index contributed by atoms with van der Waals surface area (Å²) in [5.74, 6) is -0.560. The number of hydrogen-bond donors (Lipinski definition) is 2. The van der Waals surface area contributed by atoms with Crippen molar-refractivity contribution < 1.29 is 22.8 Å². The van der Waals surface area contributed by atoms with E-state index in [0.717, 1.165) is 17.7 Å². The largest absolute Gasteiger partial charge is 0.416 e. The number of nitrogens with one attached hydrogen (secondary N) is 2. The van der Waals surface area contributed by atoms with Crippen molar-refractivity contribution in [2.24, 2.45) is 0 Å². The first-order valence-electron chi connectivity index (χ1n) is 8.99. The number of benzene rings is 2. The van der Waals surface area contributed by atoms with E-state index >= 15 is 0 Å². The lowest BCUT2D eigenvalue weighted by Crippen LogP contribution is -2.36. The molecule has 4 nitrogen and oxygen atoms in total. The molecule has 0 saturated heterocycles. The Morgan fingerprint density at radius 3 is 2.21 bits per heavy atom. The van der Waals surface area contributed by atoms with Crippen LogP contribution in [0.1, 0.15) is 40.9 Å². The molecular formula is C22H23F3N2O2. The first kappa shape index (κ1) is 22.2. The van der Waals surface area contributed by atoms with Gasteiger partial charge in [0, 0.05) is 30.6 Å². The lowest BCUT2D eigenvalue weighted by molar-refractivity contribution is -0.137. The van der Waals surface area contributed by atoms with Gasteiger partial charge in [0.25, 0.3) is 5.91 Å². The zero-order valence-electron chi connectivity index (χ0n) is 16.4. The van der Waals surface area contributed by atoms with E-state index in [0.29, 0.717) is 11.1 Å². The van der Waals surface area contributed by atoms with Crippen LogP contribution in [0.5, 0.6) is 0 Å². The zero-order valence-corrected chi connectivity index (χ0v) is 16.4. The topological polar surface area (TPSA) is 58.2 Å². The van der Waals surface area contributed by atoms with Gasteiger partial charge in [-0.3, -0.25) is 9.59 Å². The molecule has 7 heteroatoms. The predicted octanol–water partition coefficient (Wildman–Crippen LogP) is 4.17. The highest BCUT2D eigenvalue weighted by Crippen LogP contribution is 2.32. The molecule has 0 aromatic heterocycles. The average Bonchev–Trinajstić information content (AvgIpc) is 2.70. The lowest BCUT2D eigenvalue weighted by atomic mass is 9.83. The molecule has 0 aliphatic rings. The Morgan fingerprint density at radius 2 is 1.62 bits per heavy atom. The van der Waals surface area contributed by atoms with Crippen molar-refractivity contribution >= 4 is 17.9 Å². The van der Waals surface area contributed by atoms with E-state index in [4.69, 9.17) is 0 Å². The Balaban J connectivity index is 1.99. The second kappa shape index (κ2) is 8.94. The first-order chi connectivity index (χ1) is 13.5. The van der Waals surface area contributed by atoms with Crippen LogP contribution in [-0.2, 0) is 16.4 Å². The molecule has 0 aliphatic heterocycles. The highest BCUT2D eigenvalue weighted by Gasteiger charge is 2.32. The van der Waals surface area contributed by atoms with E-state index in [1.54, 1.807) is 57.3 Å². The Morgan fingerprint density at radius 1 is 1.00 bits per heavy atom. The van der Waals surface area contributed by atoms with Gasteiger partial charge >= 0.3 is 6.18 Å². The van der Waals surface area contributed by atoms with Crippen molar-refractivity contribution in [3.8, 4) is 0 Å². The third-order valence-electron chi connectivity index (χ3n) is 4.50. The van der Waals surface area contributed by atoms with Gasteiger partial charge in [-0.25, -0.2) is 0 Å². The summed E-state index contributed by atoms with van der Waals surface area (Å²) in [6.07, 6.45) is -1.47. The van der Waals surface area contributed by atoms with Crippen LogP contribution in [0.15, 0.2) is 54.6 Å². The van der Waals surface area contributed by atoms with Gasteiger partial charge in [0.2, 0.25) is 5.91 Å². The van der Waals surface area contributed by atoms with E-state index in [9.17, 15) is 22.8 Å².